The first-order chi connectivity index (χ1) is 18.0. The molecule has 0 amide bonds. The van der Waals surface area contributed by atoms with Crippen LogP contribution in [0.2, 0.25) is 0 Å². The Morgan fingerprint density at radius 1 is 0.757 bits per heavy atom. The van der Waals surface area contributed by atoms with E-state index in [0.717, 1.165) is 12.8 Å². The van der Waals surface area contributed by atoms with Gasteiger partial charge in [0.1, 0.15) is 0 Å². The van der Waals surface area contributed by atoms with Crippen LogP contribution in [0.5, 0.6) is 0 Å². The van der Waals surface area contributed by atoms with Crippen LogP contribution in [0.1, 0.15) is 116 Å². The van der Waals surface area contributed by atoms with Crippen molar-refractivity contribution >= 4 is 16.7 Å². The molecule has 0 bridgehead atoms. The largest absolute Gasteiger partial charge is 0.478 e. The maximum atomic E-state index is 11.6. The van der Waals surface area contributed by atoms with Crippen molar-refractivity contribution in [2.24, 2.45) is 5.92 Å². The van der Waals surface area contributed by atoms with Crippen LogP contribution in [-0.4, -0.2) is 11.1 Å². The lowest BCUT2D eigenvalue weighted by Gasteiger charge is -2.40. The van der Waals surface area contributed by atoms with E-state index in [-0.39, 0.29) is 5.54 Å². The Labute approximate surface area is 222 Å². The number of hydrogen-bond acceptors (Lipinski definition) is 2. The van der Waals surface area contributed by atoms with Crippen LogP contribution in [0.4, 0.5) is 0 Å². The van der Waals surface area contributed by atoms with Gasteiger partial charge in [-0.15, -0.1) is 0 Å². The standard InChI is InChI=1S/C34H43NO2/c1-24-13-14-25(2)31-23-27(17-20-30(24)31)32-21-22-34(35-32,29-18-15-26(16-19-29)33(36)37)28-11-9-7-5-3-4-6-8-10-12-28/h13-20,23,28,32,35H,3-12,21-22H2,1-2H3,(H,36,37). The van der Waals surface area contributed by atoms with Gasteiger partial charge < -0.3 is 10.4 Å². The molecule has 2 fully saturated rings. The summed E-state index contributed by atoms with van der Waals surface area (Å²) in [4.78, 5) is 11.6. The number of benzene rings is 3. The highest BCUT2D eigenvalue weighted by Gasteiger charge is 2.45. The van der Waals surface area contributed by atoms with Crippen molar-refractivity contribution in [3.05, 3.63) is 82.4 Å². The van der Waals surface area contributed by atoms with Gasteiger partial charge in [-0.3, -0.25) is 0 Å². The second-order valence-corrected chi connectivity index (χ2v) is 11.7. The molecule has 196 valence electrons. The van der Waals surface area contributed by atoms with E-state index >= 15 is 0 Å². The number of carboxylic acids is 1. The molecule has 0 radical (unpaired) electrons. The SMILES string of the molecule is Cc1ccc(C)c2cc(C3CCC(c4ccc(C(=O)O)cc4)(C4CCCCCCCCCC4)N3)ccc12. The molecular formula is C34H43NO2. The second kappa shape index (κ2) is 11.4. The molecule has 1 saturated carbocycles. The Bertz CT molecular complexity index is 1220. The second-order valence-electron chi connectivity index (χ2n) is 11.7. The molecule has 2 atom stereocenters. The first kappa shape index (κ1) is 26.0. The summed E-state index contributed by atoms with van der Waals surface area (Å²) in [6.07, 6.45) is 15.4. The molecule has 2 unspecified atom stereocenters. The molecule has 3 heteroatoms. The third kappa shape index (κ3) is 5.48. The Balaban J connectivity index is 1.50. The number of aryl methyl sites for hydroxylation is 2. The highest BCUT2D eigenvalue weighted by atomic mass is 16.4. The number of aromatic carboxylic acids is 1. The molecule has 0 spiro atoms. The molecule has 0 aromatic heterocycles. The summed E-state index contributed by atoms with van der Waals surface area (Å²) >= 11 is 0. The van der Waals surface area contributed by atoms with E-state index < -0.39 is 5.97 Å². The molecule has 1 heterocycles. The summed E-state index contributed by atoms with van der Waals surface area (Å²) in [7, 11) is 0. The van der Waals surface area contributed by atoms with Crippen molar-refractivity contribution in [1.82, 2.24) is 5.32 Å². The van der Waals surface area contributed by atoms with E-state index in [1.807, 2.05) is 12.1 Å². The quantitative estimate of drug-likeness (QED) is 0.378. The zero-order chi connectivity index (χ0) is 25.8. The van der Waals surface area contributed by atoms with Gasteiger partial charge in [0.25, 0.3) is 0 Å². The number of carbonyl (C=O) groups is 1. The molecular weight excluding hydrogens is 454 g/mol. The first-order valence-electron chi connectivity index (χ1n) is 14.6. The Kier molecular flexibility index (Phi) is 8.00. The van der Waals surface area contributed by atoms with Gasteiger partial charge in [0.2, 0.25) is 0 Å². The number of fused-ring (bicyclic) bond motifs is 1. The van der Waals surface area contributed by atoms with Crippen molar-refractivity contribution in [1.29, 1.82) is 0 Å². The van der Waals surface area contributed by atoms with E-state index in [9.17, 15) is 9.90 Å². The van der Waals surface area contributed by atoms with Crippen LogP contribution >= 0.6 is 0 Å². The molecule has 3 nitrogen and oxygen atoms in total. The molecule has 2 N–H and O–H groups in total. The van der Waals surface area contributed by atoms with Gasteiger partial charge in [0.05, 0.1) is 5.56 Å². The molecule has 37 heavy (non-hydrogen) atoms. The van der Waals surface area contributed by atoms with Gasteiger partial charge in [-0.05, 0) is 96.7 Å². The molecule has 1 saturated heterocycles. The van der Waals surface area contributed by atoms with Crippen LogP contribution < -0.4 is 5.32 Å². The summed E-state index contributed by atoms with van der Waals surface area (Å²) in [6.45, 7) is 4.41. The number of nitrogens with one attached hydrogen (secondary N) is 1. The normalized spacial score (nSPS) is 24.1. The first-order valence-corrected chi connectivity index (χ1v) is 14.6. The van der Waals surface area contributed by atoms with Crippen molar-refractivity contribution in [2.75, 3.05) is 0 Å². The zero-order valence-electron chi connectivity index (χ0n) is 22.7. The van der Waals surface area contributed by atoms with Gasteiger partial charge in [-0.1, -0.05) is 87.8 Å². The molecule has 5 rings (SSSR count). The highest BCUT2D eigenvalue weighted by molar-refractivity contribution is 5.89. The van der Waals surface area contributed by atoms with E-state index in [1.54, 1.807) is 0 Å². The summed E-state index contributed by atoms with van der Waals surface area (Å²) in [5, 5.41) is 16.4. The third-order valence-electron chi connectivity index (χ3n) is 9.34. The lowest BCUT2D eigenvalue weighted by Crippen LogP contribution is -2.45. The summed E-state index contributed by atoms with van der Waals surface area (Å²) in [5.74, 6) is -0.287. The van der Waals surface area contributed by atoms with Crippen LogP contribution in [0.3, 0.4) is 0 Å². The predicted molar refractivity (Wildman–Crippen MR) is 153 cm³/mol. The van der Waals surface area contributed by atoms with Crippen molar-refractivity contribution in [3.8, 4) is 0 Å². The minimum absolute atomic E-state index is 0.105. The number of rotatable bonds is 4. The van der Waals surface area contributed by atoms with Crippen LogP contribution in [0, 0.1) is 19.8 Å². The topological polar surface area (TPSA) is 49.3 Å². The Morgan fingerprint density at radius 3 is 1.97 bits per heavy atom. The Hall–Kier alpha value is -2.65. The number of hydrogen-bond donors (Lipinski definition) is 2. The molecule has 1 aliphatic carbocycles. The maximum Gasteiger partial charge on any atom is 0.335 e. The summed E-state index contributed by atoms with van der Waals surface area (Å²) < 4.78 is 0. The minimum atomic E-state index is -0.852. The average Bonchev–Trinajstić information content (AvgIpc) is 3.34. The zero-order valence-corrected chi connectivity index (χ0v) is 22.7. The maximum absolute atomic E-state index is 11.6. The predicted octanol–water partition coefficient (Wildman–Crippen LogP) is 9.01. The third-order valence-corrected chi connectivity index (χ3v) is 9.34. The van der Waals surface area contributed by atoms with Crippen LogP contribution in [-0.2, 0) is 5.54 Å². The molecule has 3 aromatic carbocycles. The fraction of sp³-hybridized carbons (Fsp3) is 0.500. The van der Waals surface area contributed by atoms with Gasteiger partial charge in [0.15, 0.2) is 0 Å². The van der Waals surface area contributed by atoms with Crippen molar-refractivity contribution in [3.63, 3.8) is 0 Å². The molecule has 1 aliphatic heterocycles. The fourth-order valence-corrected chi connectivity index (χ4v) is 7.13. The van der Waals surface area contributed by atoms with Crippen molar-refractivity contribution < 1.29 is 9.90 Å². The van der Waals surface area contributed by atoms with Gasteiger partial charge in [-0.25, -0.2) is 4.79 Å². The summed E-state index contributed by atoms with van der Waals surface area (Å²) in [5.41, 5.74) is 5.58. The van der Waals surface area contributed by atoms with Crippen molar-refractivity contribution in [2.45, 2.75) is 102 Å². The van der Waals surface area contributed by atoms with E-state index in [2.05, 4.69) is 61.6 Å². The lowest BCUT2D eigenvalue weighted by atomic mass is 9.72. The van der Waals surface area contributed by atoms with E-state index in [1.165, 1.54) is 97.2 Å². The Morgan fingerprint density at radius 2 is 1.35 bits per heavy atom. The van der Waals surface area contributed by atoms with E-state index in [0.29, 0.717) is 17.5 Å². The monoisotopic (exact) mass is 497 g/mol. The molecule has 2 aliphatic rings. The van der Waals surface area contributed by atoms with Gasteiger partial charge >= 0.3 is 5.97 Å². The highest BCUT2D eigenvalue weighted by Crippen LogP contribution is 2.48. The van der Waals surface area contributed by atoms with E-state index in [4.69, 9.17) is 0 Å². The smallest absolute Gasteiger partial charge is 0.335 e. The van der Waals surface area contributed by atoms with Crippen LogP contribution in [0.25, 0.3) is 10.8 Å². The average molecular weight is 498 g/mol. The lowest BCUT2D eigenvalue weighted by molar-refractivity contribution is 0.0696. The van der Waals surface area contributed by atoms with Crippen LogP contribution in [0.15, 0.2) is 54.6 Å². The fourth-order valence-electron chi connectivity index (χ4n) is 7.13. The minimum Gasteiger partial charge on any atom is -0.478 e. The molecule has 3 aromatic rings. The number of carboxylic acid groups (broad SMARTS) is 1. The summed E-state index contributed by atoms with van der Waals surface area (Å²) in [6, 6.07) is 19.6. The van der Waals surface area contributed by atoms with Gasteiger partial charge in [0, 0.05) is 11.6 Å². The van der Waals surface area contributed by atoms with Gasteiger partial charge in [-0.2, -0.15) is 0 Å².